The summed E-state index contributed by atoms with van der Waals surface area (Å²) in [4.78, 5) is 30.8. The van der Waals surface area contributed by atoms with Crippen molar-refractivity contribution < 1.29 is 27.2 Å². The Bertz CT molecular complexity index is 1910. The first-order chi connectivity index (χ1) is 19.0. The summed E-state index contributed by atoms with van der Waals surface area (Å²) in [6, 6.07) is 11.1. The number of aromatic nitrogens is 2. The predicted octanol–water partition coefficient (Wildman–Crippen LogP) is 3.30. The molecule has 10 nitrogen and oxygen atoms in total. The number of aliphatic hydroxyl groups is 1. The second kappa shape index (κ2) is 8.90. The highest BCUT2D eigenvalue weighted by Crippen LogP contribution is 2.43. The van der Waals surface area contributed by atoms with Crippen LogP contribution < -0.4 is 15.5 Å². The molecule has 0 fully saturated rings. The zero-order valence-corrected chi connectivity index (χ0v) is 23.0. The van der Waals surface area contributed by atoms with E-state index in [0.29, 0.717) is 28.7 Å². The number of cyclic esters (lactones) is 1. The first kappa shape index (κ1) is 26.0. The maximum absolute atomic E-state index is 13.5. The van der Waals surface area contributed by atoms with E-state index < -0.39 is 21.7 Å². The summed E-state index contributed by atoms with van der Waals surface area (Å²) in [5.74, 6) is -0.803. The number of rotatable bonds is 5. The van der Waals surface area contributed by atoms with Crippen LogP contribution in [-0.2, 0) is 44.8 Å². The molecular weight excluding hydrogens is 534 g/mol. The SMILES string of the molecule is CCc1c2c(nc3ccc(OS(=O)(=O)c4ccc(C)cc4)c(N)c13)-c1cc3c(c(=O)n1C2)COC(=O)[C@]3(O)CC. The molecule has 206 valence electrons. The van der Waals surface area contributed by atoms with Gasteiger partial charge in [0, 0.05) is 16.5 Å². The van der Waals surface area contributed by atoms with Gasteiger partial charge in [0.2, 0.25) is 0 Å². The van der Waals surface area contributed by atoms with Gasteiger partial charge in [0.05, 0.1) is 34.7 Å². The molecule has 2 aliphatic heterocycles. The third-order valence-corrected chi connectivity index (χ3v) is 9.08. The number of benzene rings is 2. The minimum Gasteiger partial charge on any atom is -0.458 e. The summed E-state index contributed by atoms with van der Waals surface area (Å²) in [5, 5.41) is 11.7. The van der Waals surface area contributed by atoms with Gasteiger partial charge in [-0.25, -0.2) is 9.78 Å². The number of hydrogen-bond acceptors (Lipinski definition) is 9. The van der Waals surface area contributed by atoms with Crippen molar-refractivity contribution in [3.8, 4) is 17.1 Å². The van der Waals surface area contributed by atoms with E-state index in [0.717, 1.165) is 16.7 Å². The topological polar surface area (TPSA) is 151 Å². The number of ether oxygens (including phenoxy) is 1. The van der Waals surface area contributed by atoms with Gasteiger partial charge in [-0.05, 0) is 55.7 Å². The number of anilines is 1. The van der Waals surface area contributed by atoms with Crippen LogP contribution in [0.15, 0.2) is 52.2 Å². The highest BCUT2D eigenvalue weighted by molar-refractivity contribution is 7.87. The zero-order chi connectivity index (χ0) is 28.6. The average Bonchev–Trinajstić information content (AvgIpc) is 3.30. The number of nitrogen functional groups attached to an aromatic ring is 1. The van der Waals surface area contributed by atoms with Crippen molar-refractivity contribution in [3.05, 3.63) is 80.6 Å². The summed E-state index contributed by atoms with van der Waals surface area (Å²) < 4.78 is 38.1. The van der Waals surface area contributed by atoms with Crippen LogP contribution in [-0.4, -0.2) is 29.0 Å². The number of hydrogen-bond donors (Lipinski definition) is 2. The second-order valence-corrected chi connectivity index (χ2v) is 11.6. The number of pyridine rings is 2. The first-order valence-electron chi connectivity index (χ1n) is 12.9. The molecule has 0 aliphatic carbocycles. The third-order valence-electron chi connectivity index (χ3n) is 7.83. The van der Waals surface area contributed by atoms with Gasteiger partial charge in [-0.2, -0.15) is 8.42 Å². The summed E-state index contributed by atoms with van der Waals surface area (Å²) in [6.45, 7) is 5.43. The van der Waals surface area contributed by atoms with E-state index in [1.807, 2.05) is 13.8 Å². The van der Waals surface area contributed by atoms with Crippen molar-refractivity contribution >= 4 is 32.7 Å². The van der Waals surface area contributed by atoms with E-state index in [1.165, 1.54) is 18.2 Å². The molecular formula is C29H27N3O7S. The van der Waals surface area contributed by atoms with Crippen molar-refractivity contribution in [2.45, 2.75) is 57.3 Å². The fraction of sp³-hybridized carbons (Fsp3) is 0.276. The molecule has 0 spiro atoms. The van der Waals surface area contributed by atoms with Crippen molar-refractivity contribution in [1.29, 1.82) is 0 Å². The minimum atomic E-state index is -4.14. The van der Waals surface area contributed by atoms with E-state index >= 15 is 0 Å². The Morgan fingerprint density at radius 1 is 1.12 bits per heavy atom. The van der Waals surface area contributed by atoms with Crippen molar-refractivity contribution in [2.24, 2.45) is 0 Å². The molecule has 0 radical (unpaired) electrons. The Labute approximate surface area is 230 Å². The highest BCUT2D eigenvalue weighted by Gasteiger charge is 2.45. The molecule has 4 aromatic rings. The number of carbonyl (C=O) groups excluding carboxylic acids is 1. The second-order valence-electron chi connectivity index (χ2n) is 10.1. The first-order valence-corrected chi connectivity index (χ1v) is 14.3. The number of nitrogens with two attached hydrogens (primary N) is 1. The molecule has 11 heteroatoms. The van der Waals surface area contributed by atoms with Gasteiger partial charge in [0.1, 0.15) is 11.5 Å². The van der Waals surface area contributed by atoms with E-state index in [2.05, 4.69) is 0 Å². The molecule has 2 aromatic heterocycles. The molecule has 0 saturated heterocycles. The average molecular weight is 562 g/mol. The molecule has 0 amide bonds. The lowest BCUT2D eigenvalue weighted by molar-refractivity contribution is -0.172. The molecule has 2 aliphatic rings. The molecule has 2 aromatic carbocycles. The monoisotopic (exact) mass is 561 g/mol. The van der Waals surface area contributed by atoms with Crippen LogP contribution in [0, 0.1) is 6.92 Å². The van der Waals surface area contributed by atoms with Gasteiger partial charge < -0.3 is 24.3 Å². The molecule has 0 saturated carbocycles. The number of nitrogens with zero attached hydrogens (tertiary/aromatic N) is 2. The Morgan fingerprint density at radius 3 is 2.52 bits per heavy atom. The molecule has 0 bridgehead atoms. The molecule has 4 heterocycles. The fourth-order valence-electron chi connectivity index (χ4n) is 5.61. The van der Waals surface area contributed by atoms with Crippen LogP contribution in [0.1, 0.15) is 48.1 Å². The van der Waals surface area contributed by atoms with Crippen molar-refractivity contribution in [3.63, 3.8) is 0 Å². The number of carbonyl (C=O) groups is 1. The van der Waals surface area contributed by atoms with Crippen LogP contribution in [0.5, 0.6) is 5.75 Å². The lowest BCUT2D eigenvalue weighted by atomic mass is 9.86. The Hall–Kier alpha value is -4.22. The minimum absolute atomic E-state index is 0.00804. The predicted molar refractivity (Wildman–Crippen MR) is 147 cm³/mol. The van der Waals surface area contributed by atoms with E-state index in [4.69, 9.17) is 19.6 Å². The van der Waals surface area contributed by atoms with E-state index in [9.17, 15) is 23.1 Å². The Balaban J connectivity index is 1.51. The van der Waals surface area contributed by atoms with E-state index in [1.54, 1.807) is 35.8 Å². The summed E-state index contributed by atoms with van der Waals surface area (Å²) in [7, 11) is -4.14. The maximum atomic E-state index is 13.5. The van der Waals surface area contributed by atoms with Gasteiger partial charge in [0.25, 0.3) is 5.56 Å². The summed E-state index contributed by atoms with van der Waals surface area (Å²) >= 11 is 0. The molecule has 0 unspecified atom stereocenters. The standard InChI is InChI=1S/C29H27N3O7S/c1-4-17-18-13-32-22(12-20-19(27(32)33)14-38-28(34)29(20,35)5-2)26(18)31-21-10-11-23(25(30)24(17)21)39-40(36,37)16-8-6-15(3)7-9-16/h6-12,35H,4-5,13-14,30H2,1-3H3/t29-/m0/s1. The Kier molecular flexibility index (Phi) is 5.79. The molecule has 40 heavy (non-hydrogen) atoms. The lowest BCUT2D eigenvalue weighted by Crippen LogP contribution is -2.44. The van der Waals surface area contributed by atoms with Crippen LogP contribution in [0.4, 0.5) is 5.69 Å². The highest BCUT2D eigenvalue weighted by atomic mass is 32.2. The Morgan fingerprint density at radius 2 is 1.85 bits per heavy atom. The smallest absolute Gasteiger partial charge is 0.343 e. The van der Waals surface area contributed by atoms with Crippen LogP contribution in [0.2, 0.25) is 0 Å². The number of fused-ring (bicyclic) bond motifs is 5. The van der Waals surface area contributed by atoms with Gasteiger partial charge in [-0.3, -0.25) is 4.79 Å². The maximum Gasteiger partial charge on any atom is 0.343 e. The summed E-state index contributed by atoms with van der Waals surface area (Å²) in [5.41, 5.74) is 8.83. The lowest BCUT2D eigenvalue weighted by Gasteiger charge is -2.31. The van der Waals surface area contributed by atoms with Gasteiger partial charge in [-0.15, -0.1) is 0 Å². The zero-order valence-electron chi connectivity index (χ0n) is 22.1. The van der Waals surface area contributed by atoms with Crippen LogP contribution in [0.25, 0.3) is 22.3 Å². The van der Waals surface area contributed by atoms with Crippen LogP contribution in [0.3, 0.4) is 0 Å². The number of esters is 1. The molecule has 1 atom stereocenters. The van der Waals surface area contributed by atoms with Crippen molar-refractivity contribution in [2.75, 3.05) is 5.73 Å². The van der Waals surface area contributed by atoms with Crippen LogP contribution >= 0.6 is 0 Å². The largest absolute Gasteiger partial charge is 0.458 e. The normalized spacial score (nSPS) is 17.8. The third kappa shape index (κ3) is 3.65. The van der Waals surface area contributed by atoms with Gasteiger partial charge in [0.15, 0.2) is 11.4 Å². The van der Waals surface area contributed by atoms with E-state index in [-0.39, 0.29) is 52.6 Å². The summed E-state index contributed by atoms with van der Waals surface area (Å²) in [6.07, 6.45) is 0.563. The fourth-order valence-corrected chi connectivity index (χ4v) is 6.56. The van der Waals surface area contributed by atoms with Gasteiger partial charge >= 0.3 is 16.1 Å². The molecule has 3 N–H and O–H groups in total. The number of aryl methyl sites for hydroxylation is 2. The van der Waals surface area contributed by atoms with Crippen molar-refractivity contribution in [1.82, 2.24) is 9.55 Å². The molecule has 6 rings (SSSR count). The van der Waals surface area contributed by atoms with Gasteiger partial charge in [-0.1, -0.05) is 31.5 Å². The quantitative estimate of drug-likeness (QED) is 0.187.